The molecule has 0 radical (unpaired) electrons. The van der Waals surface area contributed by atoms with Crippen LogP contribution in [-0.2, 0) is 4.74 Å². The molecule has 3 atom stereocenters. The Bertz CT molecular complexity index is 1070. The number of thioether (sulfide) groups is 1. The Kier molecular flexibility index (Phi) is 7.28. The number of allylic oxidation sites excluding steroid dienone is 2. The minimum atomic E-state index is -0.148. The SMILES string of the molecule is Oc1ccc([C@@H]2Sc3cc(Cl)c(O)cc3O[C@@H]2C2C=CC(OCCN3CCCCC3)=CC2)cc1. The maximum Gasteiger partial charge on any atom is 0.137 e. The summed E-state index contributed by atoms with van der Waals surface area (Å²) in [6, 6.07) is 10.6. The topological polar surface area (TPSA) is 62.2 Å². The second-order valence-corrected chi connectivity index (χ2v) is 10.7. The Morgan fingerprint density at radius 3 is 2.62 bits per heavy atom. The molecule has 2 N–H and O–H groups in total. The molecule has 0 aromatic heterocycles. The maximum atomic E-state index is 10.1. The van der Waals surface area contributed by atoms with Crippen molar-refractivity contribution < 1.29 is 19.7 Å². The summed E-state index contributed by atoms with van der Waals surface area (Å²) in [7, 11) is 0. The summed E-state index contributed by atoms with van der Waals surface area (Å²) in [5.41, 5.74) is 1.07. The van der Waals surface area contributed by atoms with Gasteiger partial charge in [-0.25, -0.2) is 0 Å². The van der Waals surface area contributed by atoms with E-state index in [2.05, 4.69) is 23.1 Å². The second-order valence-electron chi connectivity index (χ2n) is 9.08. The molecule has 5 nitrogen and oxygen atoms in total. The zero-order valence-electron chi connectivity index (χ0n) is 19.0. The van der Waals surface area contributed by atoms with E-state index in [4.69, 9.17) is 21.1 Å². The van der Waals surface area contributed by atoms with Crippen molar-refractivity contribution in [1.82, 2.24) is 4.90 Å². The van der Waals surface area contributed by atoms with Crippen LogP contribution in [0.4, 0.5) is 0 Å². The van der Waals surface area contributed by atoms with Crippen LogP contribution in [0, 0.1) is 5.92 Å². The summed E-state index contributed by atoms with van der Waals surface area (Å²) < 4.78 is 12.5. The van der Waals surface area contributed by atoms with Crippen LogP contribution in [0.1, 0.15) is 36.5 Å². The van der Waals surface area contributed by atoms with Crippen molar-refractivity contribution in [3.05, 3.63) is 71.0 Å². The van der Waals surface area contributed by atoms with E-state index in [-0.39, 0.29) is 28.8 Å². The van der Waals surface area contributed by atoms with Crippen LogP contribution in [0.2, 0.25) is 5.02 Å². The maximum absolute atomic E-state index is 10.1. The summed E-state index contributed by atoms with van der Waals surface area (Å²) >= 11 is 7.84. The van der Waals surface area contributed by atoms with Crippen LogP contribution in [-0.4, -0.2) is 47.5 Å². The lowest BCUT2D eigenvalue weighted by Gasteiger charge is -2.37. The summed E-state index contributed by atoms with van der Waals surface area (Å²) in [5, 5.41) is 20.2. The van der Waals surface area contributed by atoms with Crippen molar-refractivity contribution >= 4 is 23.4 Å². The van der Waals surface area contributed by atoms with Gasteiger partial charge in [0.1, 0.15) is 35.7 Å². The Morgan fingerprint density at radius 1 is 1.09 bits per heavy atom. The fourth-order valence-electron chi connectivity index (χ4n) is 4.80. The van der Waals surface area contributed by atoms with Gasteiger partial charge in [-0.15, -0.1) is 11.8 Å². The van der Waals surface area contributed by atoms with Crippen molar-refractivity contribution in [2.75, 3.05) is 26.2 Å². The molecule has 34 heavy (non-hydrogen) atoms. The van der Waals surface area contributed by atoms with Crippen LogP contribution < -0.4 is 4.74 Å². The normalized spacial score (nSPS) is 24.7. The van der Waals surface area contributed by atoms with E-state index in [1.807, 2.05) is 12.1 Å². The van der Waals surface area contributed by atoms with E-state index in [1.54, 1.807) is 36.0 Å². The molecule has 1 unspecified atom stereocenters. The zero-order valence-corrected chi connectivity index (χ0v) is 20.6. The molecule has 0 amide bonds. The van der Waals surface area contributed by atoms with Crippen molar-refractivity contribution in [2.24, 2.45) is 5.92 Å². The van der Waals surface area contributed by atoms with Crippen LogP contribution in [0.15, 0.2) is 65.3 Å². The minimum absolute atomic E-state index is 0.0123. The average molecular weight is 500 g/mol. The first-order valence-electron chi connectivity index (χ1n) is 11.9. The molecule has 180 valence electrons. The van der Waals surface area contributed by atoms with Crippen molar-refractivity contribution in [3.63, 3.8) is 0 Å². The van der Waals surface area contributed by atoms with Crippen LogP contribution in [0.25, 0.3) is 0 Å². The van der Waals surface area contributed by atoms with Gasteiger partial charge in [-0.3, -0.25) is 4.90 Å². The number of hydrogen-bond acceptors (Lipinski definition) is 6. The number of rotatable bonds is 6. The molecule has 1 aliphatic carbocycles. The first-order valence-corrected chi connectivity index (χ1v) is 13.2. The number of aromatic hydroxyl groups is 2. The number of phenols is 2. The highest BCUT2D eigenvalue weighted by atomic mass is 35.5. The highest BCUT2D eigenvalue weighted by molar-refractivity contribution is 7.99. The Labute approximate surface area is 210 Å². The van der Waals surface area contributed by atoms with Gasteiger partial charge in [0.15, 0.2) is 0 Å². The van der Waals surface area contributed by atoms with E-state index in [1.165, 1.54) is 32.4 Å². The van der Waals surface area contributed by atoms with Gasteiger partial charge in [-0.05, 0) is 68.3 Å². The van der Waals surface area contributed by atoms with Crippen molar-refractivity contribution in [3.8, 4) is 17.2 Å². The van der Waals surface area contributed by atoms with Crippen LogP contribution in [0.3, 0.4) is 0 Å². The standard InChI is InChI=1S/C27H30ClNO4S/c28-22-16-25-24(17-23(22)31)33-26(27(34-25)19-4-8-20(30)9-5-19)18-6-10-21(11-7-18)32-15-14-29-12-2-1-3-13-29/h4-6,8-11,16-18,26-27,30-31H,1-3,7,12-15H2/t18?,26-,27+/m1/s1. The van der Waals surface area contributed by atoms with Gasteiger partial charge in [0, 0.05) is 18.5 Å². The van der Waals surface area contributed by atoms with Gasteiger partial charge in [-0.1, -0.05) is 36.2 Å². The van der Waals surface area contributed by atoms with E-state index < -0.39 is 0 Å². The highest BCUT2D eigenvalue weighted by Crippen LogP contribution is 2.52. The lowest BCUT2D eigenvalue weighted by molar-refractivity contribution is 0.134. The monoisotopic (exact) mass is 499 g/mol. The molecular weight excluding hydrogens is 470 g/mol. The molecule has 2 aromatic carbocycles. The molecule has 7 heteroatoms. The third-order valence-corrected chi connectivity index (χ3v) is 8.37. The molecule has 2 aliphatic heterocycles. The molecule has 2 heterocycles. The van der Waals surface area contributed by atoms with Gasteiger partial charge in [0.25, 0.3) is 0 Å². The summed E-state index contributed by atoms with van der Waals surface area (Å²) in [4.78, 5) is 3.38. The number of ether oxygens (including phenoxy) is 2. The molecule has 5 rings (SSSR count). The van der Waals surface area contributed by atoms with Crippen molar-refractivity contribution in [2.45, 2.75) is 41.9 Å². The molecule has 0 spiro atoms. The molecule has 0 bridgehead atoms. The van der Waals surface area contributed by atoms with Crippen LogP contribution >= 0.6 is 23.4 Å². The predicted octanol–water partition coefficient (Wildman–Crippen LogP) is 6.31. The van der Waals surface area contributed by atoms with Crippen LogP contribution in [0.5, 0.6) is 17.2 Å². The third-order valence-electron chi connectivity index (χ3n) is 6.70. The van der Waals surface area contributed by atoms with E-state index in [0.717, 1.165) is 29.2 Å². The molecule has 0 saturated carbocycles. The summed E-state index contributed by atoms with van der Waals surface area (Å²) in [6.45, 7) is 4.04. The first kappa shape index (κ1) is 23.5. The summed E-state index contributed by atoms with van der Waals surface area (Å²) in [6.07, 6.45) is 11.0. The Balaban J connectivity index is 1.29. The fourth-order valence-corrected chi connectivity index (χ4v) is 6.39. The molecule has 3 aliphatic rings. The third kappa shape index (κ3) is 5.35. The van der Waals surface area contributed by atoms with Gasteiger partial charge >= 0.3 is 0 Å². The second kappa shape index (κ2) is 10.5. The molecular formula is C27H30ClNO4S. The van der Waals surface area contributed by atoms with E-state index >= 15 is 0 Å². The number of fused-ring (bicyclic) bond motifs is 1. The predicted molar refractivity (Wildman–Crippen MR) is 136 cm³/mol. The van der Waals surface area contributed by atoms with Crippen molar-refractivity contribution in [1.29, 1.82) is 0 Å². The lowest BCUT2D eigenvalue weighted by atomic mass is 9.89. The highest BCUT2D eigenvalue weighted by Gasteiger charge is 2.37. The quantitative estimate of drug-likeness (QED) is 0.485. The summed E-state index contributed by atoms with van der Waals surface area (Å²) in [5.74, 6) is 1.97. The molecule has 1 fully saturated rings. The number of hydrogen-bond donors (Lipinski definition) is 2. The van der Waals surface area contributed by atoms with Gasteiger partial charge in [0.2, 0.25) is 0 Å². The van der Waals surface area contributed by atoms with Gasteiger partial charge in [-0.2, -0.15) is 0 Å². The number of nitrogens with zero attached hydrogens (tertiary/aromatic N) is 1. The largest absolute Gasteiger partial charge is 0.508 e. The average Bonchev–Trinajstić information content (AvgIpc) is 2.86. The number of phenolic OH excluding ortho intramolecular Hbond substituents is 2. The Hall–Kier alpha value is -2.28. The zero-order chi connectivity index (χ0) is 23.5. The van der Waals surface area contributed by atoms with E-state index in [9.17, 15) is 10.2 Å². The van der Waals surface area contributed by atoms with Gasteiger partial charge in [0.05, 0.1) is 15.2 Å². The number of halogens is 1. The molecule has 2 aromatic rings. The number of piperidine rings is 1. The lowest BCUT2D eigenvalue weighted by Crippen LogP contribution is -2.34. The number of benzene rings is 2. The fraction of sp³-hybridized carbons (Fsp3) is 0.407. The smallest absolute Gasteiger partial charge is 0.137 e. The first-order chi connectivity index (χ1) is 16.6. The number of likely N-dealkylation sites (tertiary alicyclic amines) is 1. The Morgan fingerprint density at radius 2 is 1.88 bits per heavy atom. The molecule has 1 saturated heterocycles. The minimum Gasteiger partial charge on any atom is -0.508 e. The van der Waals surface area contributed by atoms with Gasteiger partial charge < -0.3 is 19.7 Å². The van der Waals surface area contributed by atoms with E-state index in [0.29, 0.717) is 17.4 Å².